The molecule has 0 aliphatic carbocycles. The molecule has 0 spiro atoms. The molecule has 0 aromatic heterocycles. The van der Waals surface area contributed by atoms with Crippen molar-refractivity contribution in [2.24, 2.45) is 17.3 Å². The fourth-order valence-electron chi connectivity index (χ4n) is 4.13. The minimum Gasteiger partial charge on any atom is -0.482 e. The van der Waals surface area contributed by atoms with Gasteiger partial charge in [0.1, 0.15) is 5.75 Å². The van der Waals surface area contributed by atoms with Crippen LogP contribution in [-0.4, -0.2) is 55.2 Å². The highest BCUT2D eigenvalue weighted by atomic mass is 16.8. The Labute approximate surface area is 207 Å². The molecule has 1 heterocycles. The first-order valence-electron chi connectivity index (χ1n) is 11.8. The van der Waals surface area contributed by atoms with E-state index in [1.54, 1.807) is 24.8 Å². The first kappa shape index (κ1) is 28.7. The van der Waals surface area contributed by atoms with Gasteiger partial charge in [0.15, 0.2) is 12.4 Å². The summed E-state index contributed by atoms with van der Waals surface area (Å²) in [6.07, 6.45) is -0.230. The molecular formula is C25H39N3O7. The van der Waals surface area contributed by atoms with Gasteiger partial charge < -0.3 is 19.7 Å². The summed E-state index contributed by atoms with van der Waals surface area (Å²) in [7, 11) is 1.69. The molecule has 2 rings (SSSR count). The number of carbonyl (C=O) groups excluding carboxylic acids is 3. The third-order valence-electron chi connectivity index (χ3n) is 5.96. The number of nitrogens with one attached hydrogen (secondary N) is 2. The highest BCUT2D eigenvalue weighted by molar-refractivity contribution is 5.97. The highest BCUT2D eigenvalue weighted by Crippen LogP contribution is 2.32. The molecule has 2 amide bonds. The number of anilines is 1. The molecule has 35 heavy (non-hydrogen) atoms. The predicted molar refractivity (Wildman–Crippen MR) is 130 cm³/mol. The maximum Gasteiger partial charge on any atom is 0.264 e. The third-order valence-corrected chi connectivity index (χ3v) is 5.96. The molecule has 1 aromatic carbocycles. The van der Waals surface area contributed by atoms with Crippen molar-refractivity contribution in [1.29, 1.82) is 0 Å². The van der Waals surface area contributed by atoms with E-state index < -0.39 is 23.5 Å². The van der Waals surface area contributed by atoms with Crippen LogP contribution < -0.4 is 20.6 Å². The van der Waals surface area contributed by atoms with E-state index in [0.29, 0.717) is 17.9 Å². The Kier molecular flexibility index (Phi) is 10.2. The molecule has 0 saturated carbocycles. The van der Waals surface area contributed by atoms with Crippen LogP contribution in [0.2, 0.25) is 0 Å². The number of likely N-dealkylation sites (N-methyl/N-ethyl adjacent to an activating group) is 1. The standard InChI is InChI=1S/C25H39N3O7/c1-15(2)10-18(24(31)26-23(16(3)29)25(4,5)6)21(13-35-27-32)33-12-17-8-9-19-20(11-17)34-14-22(30)28(19)7/h8-9,11,15,18,21,23,27,32H,10,12-14H2,1-7H3,(H,26,31)/t18-,21?,23-/m1/s1. The fraction of sp³-hybridized carbons (Fsp3) is 0.640. The van der Waals surface area contributed by atoms with Crippen molar-refractivity contribution in [2.45, 2.75) is 66.7 Å². The van der Waals surface area contributed by atoms with Gasteiger partial charge in [-0.2, -0.15) is 0 Å². The summed E-state index contributed by atoms with van der Waals surface area (Å²) in [4.78, 5) is 44.0. The summed E-state index contributed by atoms with van der Waals surface area (Å²) in [5.41, 5.74) is 2.65. The van der Waals surface area contributed by atoms with E-state index in [9.17, 15) is 14.4 Å². The highest BCUT2D eigenvalue weighted by Gasteiger charge is 2.36. The molecule has 196 valence electrons. The second-order valence-corrected chi connectivity index (χ2v) is 10.4. The maximum absolute atomic E-state index is 13.4. The first-order valence-corrected chi connectivity index (χ1v) is 11.8. The normalized spacial score (nSPS) is 16.4. The Bertz CT molecular complexity index is 898. The van der Waals surface area contributed by atoms with Crippen molar-refractivity contribution in [3.8, 4) is 5.75 Å². The monoisotopic (exact) mass is 493 g/mol. The van der Waals surface area contributed by atoms with Gasteiger partial charge in [0.2, 0.25) is 5.91 Å². The SMILES string of the molecule is CC(=O)[C@@H](NC(=O)[C@H](CC(C)C)C(CONO)OCc1ccc2c(c1)OCC(=O)N2C)C(C)(C)C. The van der Waals surface area contributed by atoms with E-state index in [-0.39, 0.29) is 43.3 Å². The number of fused-ring (bicyclic) bond motifs is 1. The summed E-state index contributed by atoms with van der Waals surface area (Å²) in [5.74, 6) is -0.465. The molecule has 1 aliphatic rings. The van der Waals surface area contributed by atoms with Crippen LogP contribution in [0.3, 0.4) is 0 Å². The van der Waals surface area contributed by atoms with Crippen LogP contribution in [0.15, 0.2) is 18.2 Å². The number of hydrogen-bond acceptors (Lipinski definition) is 8. The average molecular weight is 494 g/mol. The maximum atomic E-state index is 13.4. The number of benzene rings is 1. The van der Waals surface area contributed by atoms with Crippen molar-refractivity contribution in [2.75, 3.05) is 25.2 Å². The third kappa shape index (κ3) is 7.99. The average Bonchev–Trinajstić information content (AvgIpc) is 2.77. The number of nitrogens with zero attached hydrogens (tertiary/aromatic N) is 1. The molecule has 1 unspecified atom stereocenters. The predicted octanol–water partition coefficient (Wildman–Crippen LogP) is 2.62. The molecule has 0 bridgehead atoms. The van der Waals surface area contributed by atoms with Gasteiger partial charge in [-0.25, -0.2) is 0 Å². The molecular weight excluding hydrogens is 454 g/mol. The zero-order valence-corrected chi connectivity index (χ0v) is 21.7. The van der Waals surface area contributed by atoms with Gasteiger partial charge in [0.25, 0.3) is 5.91 Å². The van der Waals surface area contributed by atoms with Gasteiger partial charge >= 0.3 is 0 Å². The molecule has 0 radical (unpaired) electrons. The lowest BCUT2D eigenvalue weighted by Crippen LogP contribution is -2.52. The lowest BCUT2D eigenvalue weighted by Gasteiger charge is -2.33. The number of ether oxygens (including phenoxy) is 2. The lowest BCUT2D eigenvalue weighted by molar-refractivity contribution is -0.170. The number of amides is 2. The van der Waals surface area contributed by atoms with Crippen LogP contribution in [-0.2, 0) is 30.6 Å². The Morgan fingerprint density at radius 2 is 1.94 bits per heavy atom. The van der Waals surface area contributed by atoms with Gasteiger partial charge in [-0.05, 0) is 42.4 Å². The number of carbonyl (C=O) groups is 3. The summed E-state index contributed by atoms with van der Waals surface area (Å²) in [5, 5.41) is 11.9. The zero-order chi connectivity index (χ0) is 26.3. The van der Waals surface area contributed by atoms with Crippen LogP contribution in [0, 0.1) is 17.3 Å². The second kappa shape index (κ2) is 12.4. The van der Waals surface area contributed by atoms with Gasteiger partial charge in [-0.15, -0.1) is 0 Å². The van der Waals surface area contributed by atoms with Crippen LogP contribution in [0.5, 0.6) is 5.75 Å². The van der Waals surface area contributed by atoms with Gasteiger partial charge in [-0.1, -0.05) is 46.3 Å². The molecule has 0 fully saturated rings. The smallest absolute Gasteiger partial charge is 0.264 e. The van der Waals surface area contributed by atoms with E-state index in [1.807, 2.05) is 40.7 Å². The first-order chi connectivity index (χ1) is 16.3. The number of Topliss-reactive ketones (excluding diaryl/α,β-unsaturated/α-hetero) is 1. The second-order valence-electron chi connectivity index (χ2n) is 10.4. The van der Waals surface area contributed by atoms with Crippen molar-refractivity contribution in [3.63, 3.8) is 0 Å². The minimum absolute atomic E-state index is 0.0336. The van der Waals surface area contributed by atoms with Crippen LogP contribution in [0.4, 0.5) is 5.69 Å². The Morgan fingerprint density at radius 3 is 2.51 bits per heavy atom. The Morgan fingerprint density at radius 1 is 1.26 bits per heavy atom. The summed E-state index contributed by atoms with van der Waals surface area (Å²) >= 11 is 0. The van der Waals surface area contributed by atoms with Crippen molar-refractivity contribution in [3.05, 3.63) is 23.8 Å². The van der Waals surface area contributed by atoms with Crippen LogP contribution in [0.25, 0.3) is 0 Å². The summed E-state index contributed by atoms with van der Waals surface area (Å²) in [6, 6.07) is 4.75. The quantitative estimate of drug-likeness (QED) is 0.379. The minimum atomic E-state index is -0.717. The van der Waals surface area contributed by atoms with E-state index in [1.165, 1.54) is 11.8 Å². The van der Waals surface area contributed by atoms with Crippen molar-refractivity contribution in [1.82, 2.24) is 11.0 Å². The van der Waals surface area contributed by atoms with E-state index in [4.69, 9.17) is 19.5 Å². The molecule has 10 heteroatoms. The Hall–Kier alpha value is -2.53. The summed E-state index contributed by atoms with van der Waals surface area (Å²) in [6.45, 7) is 11.1. The van der Waals surface area contributed by atoms with Crippen molar-refractivity contribution >= 4 is 23.3 Å². The van der Waals surface area contributed by atoms with Crippen LogP contribution >= 0.6 is 0 Å². The van der Waals surface area contributed by atoms with Gasteiger partial charge in [-0.3, -0.25) is 24.4 Å². The largest absolute Gasteiger partial charge is 0.482 e. The number of rotatable bonds is 12. The fourth-order valence-corrected chi connectivity index (χ4v) is 4.13. The molecule has 1 aliphatic heterocycles. The number of hydrogen-bond donors (Lipinski definition) is 3. The Balaban J connectivity index is 2.23. The van der Waals surface area contributed by atoms with Crippen molar-refractivity contribution < 1.29 is 33.9 Å². The lowest BCUT2D eigenvalue weighted by atomic mass is 9.83. The zero-order valence-electron chi connectivity index (χ0n) is 21.7. The molecule has 0 saturated heterocycles. The molecule has 1 aromatic rings. The molecule has 3 atom stereocenters. The van der Waals surface area contributed by atoms with E-state index in [2.05, 4.69) is 5.32 Å². The van der Waals surface area contributed by atoms with Crippen LogP contribution in [0.1, 0.15) is 53.5 Å². The van der Waals surface area contributed by atoms with E-state index >= 15 is 0 Å². The number of ketones is 1. The topological polar surface area (TPSA) is 126 Å². The van der Waals surface area contributed by atoms with E-state index in [0.717, 1.165) is 5.56 Å². The summed E-state index contributed by atoms with van der Waals surface area (Å²) < 4.78 is 11.7. The molecule has 10 nitrogen and oxygen atoms in total. The van der Waals surface area contributed by atoms with Gasteiger partial charge in [0.05, 0.1) is 37.0 Å². The van der Waals surface area contributed by atoms with Gasteiger partial charge in [0, 0.05) is 7.05 Å². The molecule has 3 N–H and O–H groups in total.